The molecule has 0 amide bonds. The third-order valence-electron chi connectivity index (χ3n) is 5.90. The van der Waals surface area contributed by atoms with E-state index in [-0.39, 0.29) is 0 Å². The molecular weight excluding hydrogens is 292 g/mol. The number of benzene rings is 2. The summed E-state index contributed by atoms with van der Waals surface area (Å²) in [6.07, 6.45) is 4.14. The summed E-state index contributed by atoms with van der Waals surface area (Å²) in [6, 6.07) is 23.8. The summed E-state index contributed by atoms with van der Waals surface area (Å²) in [6.45, 7) is 6.11. The summed E-state index contributed by atoms with van der Waals surface area (Å²) >= 11 is 0. The topological polar surface area (TPSA) is 6.48 Å². The highest BCUT2D eigenvalue weighted by atomic mass is 15.4. The van der Waals surface area contributed by atoms with Crippen LogP contribution >= 0.6 is 0 Å². The van der Waals surface area contributed by atoms with E-state index in [1.807, 2.05) is 0 Å². The quantitative estimate of drug-likeness (QED) is 0.808. The zero-order valence-corrected chi connectivity index (χ0v) is 14.6. The minimum Gasteiger partial charge on any atom is -0.297 e. The van der Waals surface area contributed by atoms with Crippen molar-refractivity contribution in [3.8, 4) is 0 Å². The maximum absolute atomic E-state index is 2.75. The first-order chi connectivity index (χ1) is 11.8. The van der Waals surface area contributed by atoms with Crippen LogP contribution in [0.25, 0.3) is 0 Å². The van der Waals surface area contributed by atoms with E-state index in [4.69, 9.17) is 0 Å². The minimum absolute atomic E-state index is 0.470. The lowest BCUT2D eigenvalue weighted by Gasteiger charge is -2.56. The second kappa shape index (κ2) is 7.08. The molecule has 0 N–H and O–H groups in total. The van der Waals surface area contributed by atoms with Crippen LogP contribution in [0.3, 0.4) is 0 Å². The first-order valence-electron chi connectivity index (χ1n) is 9.44. The molecule has 0 spiro atoms. The molecular formula is C22H28N2. The SMILES string of the molecule is C[C@@H](c1ccccc1)N1C[C@H](N2CCCCC2)[C@@H]1c1ccccc1. The van der Waals surface area contributed by atoms with Gasteiger partial charge in [0.1, 0.15) is 0 Å². The van der Waals surface area contributed by atoms with Crippen LogP contribution < -0.4 is 0 Å². The summed E-state index contributed by atoms with van der Waals surface area (Å²) in [4.78, 5) is 5.43. The molecule has 3 atom stereocenters. The maximum Gasteiger partial charge on any atom is 0.0522 e. The van der Waals surface area contributed by atoms with E-state index in [0.29, 0.717) is 18.1 Å². The number of nitrogens with zero attached hydrogens (tertiary/aromatic N) is 2. The van der Waals surface area contributed by atoms with Crippen molar-refractivity contribution in [3.63, 3.8) is 0 Å². The zero-order valence-electron chi connectivity index (χ0n) is 14.6. The Morgan fingerprint density at radius 3 is 2.12 bits per heavy atom. The van der Waals surface area contributed by atoms with Gasteiger partial charge in [-0.1, -0.05) is 67.1 Å². The summed E-state index contributed by atoms with van der Waals surface area (Å²) in [7, 11) is 0. The molecule has 0 saturated carbocycles. The molecule has 2 saturated heterocycles. The Hall–Kier alpha value is -1.64. The molecule has 2 fully saturated rings. The van der Waals surface area contributed by atoms with E-state index in [1.165, 1.54) is 50.0 Å². The van der Waals surface area contributed by atoms with Crippen LogP contribution in [0.15, 0.2) is 60.7 Å². The average molecular weight is 320 g/mol. The summed E-state index contributed by atoms with van der Waals surface area (Å²) in [5.74, 6) is 0. The maximum atomic E-state index is 2.75. The van der Waals surface area contributed by atoms with E-state index in [9.17, 15) is 0 Å². The largest absolute Gasteiger partial charge is 0.297 e. The molecule has 0 bridgehead atoms. The Bertz CT molecular complexity index is 634. The molecule has 126 valence electrons. The van der Waals surface area contributed by atoms with Crippen molar-refractivity contribution >= 4 is 0 Å². The summed E-state index contributed by atoms with van der Waals surface area (Å²) < 4.78 is 0. The molecule has 4 rings (SSSR count). The molecule has 2 heteroatoms. The molecule has 2 aromatic rings. The smallest absolute Gasteiger partial charge is 0.0522 e. The first kappa shape index (κ1) is 15.9. The highest BCUT2D eigenvalue weighted by molar-refractivity contribution is 5.27. The number of hydrogen-bond acceptors (Lipinski definition) is 2. The molecule has 0 aromatic heterocycles. The van der Waals surface area contributed by atoms with Gasteiger partial charge >= 0.3 is 0 Å². The third kappa shape index (κ3) is 3.01. The van der Waals surface area contributed by atoms with Gasteiger partial charge in [0.25, 0.3) is 0 Å². The molecule has 2 nitrogen and oxygen atoms in total. The van der Waals surface area contributed by atoms with Gasteiger partial charge in [0.05, 0.1) is 6.04 Å². The summed E-state index contributed by atoms with van der Waals surface area (Å²) in [5.41, 5.74) is 2.90. The average Bonchev–Trinajstić information content (AvgIpc) is 2.63. The van der Waals surface area contributed by atoms with Crippen molar-refractivity contribution in [1.82, 2.24) is 9.80 Å². The second-order valence-electron chi connectivity index (χ2n) is 7.30. The fourth-order valence-electron chi connectivity index (χ4n) is 4.46. The first-order valence-corrected chi connectivity index (χ1v) is 9.44. The lowest BCUT2D eigenvalue weighted by Crippen LogP contribution is -2.62. The van der Waals surface area contributed by atoms with Gasteiger partial charge in [-0.2, -0.15) is 0 Å². The number of hydrogen-bond donors (Lipinski definition) is 0. The van der Waals surface area contributed by atoms with E-state index in [0.717, 1.165) is 0 Å². The monoisotopic (exact) mass is 320 g/mol. The molecule has 0 aliphatic carbocycles. The van der Waals surface area contributed by atoms with Gasteiger partial charge in [0.15, 0.2) is 0 Å². The standard InChI is InChI=1S/C22H28N2/c1-18(19-11-5-2-6-12-19)24-17-21(23-15-9-4-10-16-23)22(24)20-13-7-3-8-14-20/h2-3,5-8,11-14,18,21-22H,4,9-10,15-17H2,1H3/t18-,21-,22-/m0/s1. The number of likely N-dealkylation sites (tertiary alicyclic amines) is 2. The Balaban J connectivity index is 1.58. The van der Waals surface area contributed by atoms with Crippen LogP contribution in [-0.2, 0) is 0 Å². The van der Waals surface area contributed by atoms with Crippen LogP contribution in [-0.4, -0.2) is 35.5 Å². The van der Waals surface area contributed by atoms with E-state index >= 15 is 0 Å². The molecule has 2 heterocycles. The minimum atomic E-state index is 0.470. The third-order valence-corrected chi connectivity index (χ3v) is 5.90. The molecule has 0 unspecified atom stereocenters. The van der Waals surface area contributed by atoms with Crippen LogP contribution in [0.4, 0.5) is 0 Å². The number of piperidine rings is 1. The molecule has 0 radical (unpaired) electrons. The van der Waals surface area contributed by atoms with Gasteiger partial charge in [0, 0.05) is 18.6 Å². The summed E-state index contributed by atoms with van der Waals surface area (Å²) in [5, 5.41) is 0. The lowest BCUT2D eigenvalue weighted by atomic mass is 9.84. The highest BCUT2D eigenvalue weighted by Gasteiger charge is 2.45. The van der Waals surface area contributed by atoms with Crippen molar-refractivity contribution in [3.05, 3.63) is 71.8 Å². The van der Waals surface area contributed by atoms with Gasteiger partial charge in [-0.3, -0.25) is 9.80 Å². The predicted octanol–water partition coefficient (Wildman–Crippen LogP) is 4.66. The van der Waals surface area contributed by atoms with Crippen molar-refractivity contribution in [2.75, 3.05) is 19.6 Å². The van der Waals surface area contributed by atoms with Crippen LogP contribution in [0.5, 0.6) is 0 Å². The van der Waals surface area contributed by atoms with Gasteiger partial charge in [-0.25, -0.2) is 0 Å². The molecule has 2 aliphatic rings. The van der Waals surface area contributed by atoms with Crippen molar-refractivity contribution in [2.45, 2.75) is 44.3 Å². The Morgan fingerprint density at radius 2 is 1.46 bits per heavy atom. The molecule has 2 aliphatic heterocycles. The van der Waals surface area contributed by atoms with Crippen molar-refractivity contribution in [1.29, 1.82) is 0 Å². The van der Waals surface area contributed by atoms with Gasteiger partial charge in [0.2, 0.25) is 0 Å². The second-order valence-corrected chi connectivity index (χ2v) is 7.30. The van der Waals surface area contributed by atoms with Gasteiger partial charge < -0.3 is 0 Å². The van der Waals surface area contributed by atoms with Crippen LogP contribution in [0.2, 0.25) is 0 Å². The normalized spacial score (nSPS) is 26.7. The van der Waals surface area contributed by atoms with Crippen molar-refractivity contribution in [2.24, 2.45) is 0 Å². The highest BCUT2D eigenvalue weighted by Crippen LogP contribution is 2.43. The van der Waals surface area contributed by atoms with E-state index in [1.54, 1.807) is 0 Å². The Morgan fingerprint density at radius 1 is 0.833 bits per heavy atom. The van der Waals surface area contributed by atoms with Crippen LogP contribution in [0.1, 0.15) is 49.4 Å². The predicted molar refractivity (Wildman–Crippen MR) is 100.0 cm³/mol. The Labute approximate surface area is 146 Å². The van der Waals surface area contributed by atoms with Crippen molar-refractivity contribution < 1.29 is 0 Å². The number of rotatable bonds is 4. The lowest BCUT2D eigenvalue weighted by molar-refractivity contribution is -0.0614. The Kier molecular flexibility index (Phi) is 4.68. The van der Waals surface area contributed by atoms with Gasteiger partial charge in [-0.05, 0) is 44.0 Å². The molecule has 24 heavy (non-hydrogen) atoms. The van der Waals surface area contributed by atoms with E-state index in [2.05, 4.69) is 77.4 Å². The van der Waals surface area contributed by atoms with Gasteiger partial charge in [-0.15, -0.1) is 0 Å². The van der Waals surface area contributed by atoms with Crippen LogP contribution in [0, 0.1) is 0 Å². The zero-order chi connectivity index (χ0) is 16.4. The fourth-order valence-corrected chi connectivity index (χ4v) is 4.46. The fraction of sp³-hybridized carbons (Fsp3) is 0.455. The molecule has 2 aromatic carbocycles. The van der Waals surface area contributed by atoms with E-state index < -0.39 is 0 Å².